The summed E-state index contributed by atoms with van der Waals surface area (Å²) in [5, 5.41) is 18.7. The second kappa shape index (κ2) is 5.96. The molecule has 6 nitrogen and oxygen atoms in total. The minimum absolute atomic E-state index is 0.643. The molecule has 0 aliphatic carbocycles. The van der Waals surface area contributed by atoms with Crippen LogP contribution >= 0.6 is 15.9 Å². The molecule has 0 amide bonds. The average Bonchev–Trinajstić information content (AvgIpc) is 2.91. The largest absolute Gasteiger partial charge is 0.369 e. The van der Waals surface area contributed by atoms with E-state index in [0.717, 1.165) is 29.7 Å². The molecule has 0 aliphatic heterocycles. The van der Waals surface area contributed by atoms with Crippen molar-refractivity contribution >= 4 is 27.4 Å². The maximum Gasteiger partial charge on any atom is 0.200 e. The van der Waals surface area contributed by atoms with Crippen molar-refractivity contribution in [3.63, 3.8) is 0 Å². The molecule has 7 heteroatoms. The van der Waals surface area contributed by atoms with Crippen molar-refractivity contribution in [3.8, 4) is 0 Å². The second-order valence-corrected chi connectivity index (χ2v) is 5.32. The van der Waals surface area contributed by atoms with Gasteiger partial charge in [0.15, 0.2) is 5.65 Å². The number of nitrogens with zero attached hydrogens (tertiary/aromatic N) is 5. The van der Waals surface area contributed by atoms with Crippen LogP contribution in [0.3, 0.4) is 0 Å². The first-order chi connectivity index (χ1) is 9.81. The molecule has 0 radical (unpaired) electrons. The van der Waals surface area contributed by atoms with Gasteiger partial charge in [0.1, 0.15) is 5.82 Å². The average molecular weight is 333 g/mol. The van der Waals surface area contributed by atoms with Crippen molar-refractivity contribution in [2.24, 2.45) is 0 Å². The Bertz CT molecular complexity index is 711. The molecule has 1 aromatic carbocycles. The van der Waals surface area contributed by atoms with Crippen LogP contribution in [0.1, 0.15) is 12.0 Å². The zero-order valence-electron chi connectivity index (χ0n) is 10.7. The lowest BCUT2D eigenvalue weighted by Crippen LogP contribution is -2.07. The summed E-state index contributed by atoms with van der Waals surface area (Å²) in [5.41, 5.74) is 1.97. The zero-order valence-corrected chi connectivity index (χ0v) is 12.3. The SMILES string of the molecule is Brc1cccc(CCCNc2ccc3nnnn3n2)c1. The lowest BCUT2D eigenvalue weighted by atomic mass is 10.1. The fourth-order valence-corrected chi connectivity index (χ4v) is 2.39. The van der Waals surface area contributed by atoms with Crippen molar-refractivity contribution < 1.29 is 0 Å². The number of hydrogen-bond donors (Lipinski definition) is 1. The monoisotopic (exact) mass is 332 g/mol. The zero-order chi connectivity index (χ0) is 13.8. The number of nitrogens with one attached hydrogen (secondary N) is 1. The van der Waals surface area contributed by atoms with E-state index in [9.17, 15) is 0 Å². The first kappa shape index (κ1) is 13.0. The summed E-state index contributed by atoms with van der Waals surface area (Å²) in [6, 6.07) is 12.1. The molecule has 0 saturated heterocycles. The number of benzene rings is 1. The van der Waals surface area contributed by atoms with Crippen LogP contribution in [0.4, 0.5) is 5.82 Å². The summed E-state index contributed by atoms with van der Waals surface area (Å²) < 4.78 is 2.53. The summed E-state index contributed by atoms with van der Waals surface area (Å²) in [5.74, 6) is 0.777. The van der Waals surface area contributed by atoms with Crippen molar-refractivity contribution in [2.45, 2.75) is 12.8 Å². The van der Waals surface area contributed by atoms with Gasteiger partial charge in [-0.05, 0) is 53.1 Å². The van der Waals surface area contributed by atoms with E-state index < -0.39 is 0 Å². The van der Waals surface area contributed by atoms with E-state index >= 15 is 0 Å². The van der Waals surface area contributed by atoms with Crippen LogP contribution in [-0.4, -0.2) is 31.8 Å². The minimum Gasteiger partial charge on any atom is -0.369 e. The second-order valence-electron chi connectivity index (χ2n) is 4.41. The van der Waals surface area contributed by atoms with Gasteiger partial charge in [-0.15, -0.1) is 14.8 Å². The molecule has 2 heterocycles. The lowest BCUT2D eigenvalue weighted by molar-refractivity contribution is 0.732. The quantitative estimate of drug-likeness (QED) is 0.726. The fourth-order valence-electron chi connectivity index (χ4n) is 1.95. The van der Waals surface area contributed by atoms with E-state index in [0.29, 0.717) is 5.65 Å². The minimum atomic E-state index is 0.643. The van der Waals surface area contributed by atoms with Gasteiger partial charge in [-0.1, -0.05) is 28.1 Å². The highest BCUT2D eigenvalue weighted by Crippen LogP contribution is 2.13. The van der Waals surface area contributed by atoms with Crippen molar-refractivity contribution in [2.75, 3.05) is 11.9 Å². The van der Waals surface area contributed by atoms with E-state index in [-0.39, 0.29) is 0 Å². The number of aryl methyl sites for hydroxylation is 1. The Balaban J connectivity index is 1.52. The van der Waals surface area contributed by atoms with Gasteiger partial charge >= 0.3 is 0 Å². The number of fused-ring (bicyclic) bond motifs is 1. The van der Waals surface area contributed by atoms with Gasteiger partial charge in [0.2, 0.25) is 0 Å². The summed E-state index contributed by atoms with van der Waals surface area (Å²) in [6.45, 7) is 0.854. The molecule has 0 bridgehead atoms. The third kappa shape index (κ3) is 3.11. The predicted molar refractivity (Wildman–Crippen MR) is 79.5 cm³/mol. The summed E-state index contributed by atoms with van der Waals surface area (Å²) in [4.78, 5) is 0. The number of rotatable bonds is 5. The number of tetrazole rings is 1. The Hall–Kier alpha value is -2.02. The summed E-state index contributed by atoms with van der Waals surface area (Å²) in [7, 11) is 0. The van der Waals surface area contributed by atoms with Gasteiger partial charge in [0.25, 0.3) is 0 Å². The number of hydrogen-bond acceptors (Lipinski definition) is 5. The van der Waals surface area contributed by atoms with Crippen LogP contribution in [0.15, 0.2) is 40.9 Å². The van der Waals surface area contributed by atoms with Crippen molar-refractivity contribution in [1.29, 1.82) is 0 Å². The lowest BCUT2D eigenvalue weighted by Gasteiger charge is -2.05. The Morgan fingerprint density at radius 1 is 1.20 bits per heavy atom. The molecule has 0 saturated carbocycles. The molecule has 0 spiro atoms. The molecule has 102 valence electrons. The van der Waals surface area contributed by atoms with Crippen molar-refractivity contribution in [3.05, 3.63) is 46.4 Å². The van der Waals surface area contributed by atoms with Crippen molar-refractivity contribution in [1.82, 2.24) is 25.3 Å². The number of anilines is 1. The maximum atomic E-state index is 4.26. The highest BCUT2D eigenvalue weighted by atomic mass is 79.9. The molecular weight excluding hydrogens is 320 g/mol. The van der Waals surface area contributed by atoms with Crippen LogP contribution in [0.2, 0.25) is 0 Å². The van der Waals surface area contributed by atoms with E-state index in [1.54, 1.807) is 0 Å². The third-order valence-electron chi connectivity index (χ3n) is 2.91. The Labute approximate surface area is 124 Å². The molecule has 0 unspecified atom stereocenters. The highest BCUT2D eigenvalue weighted by Gasteiger charge is 2.00. The Morgan fingerprint density at radius 3 is 3.05 bits per heavy atom. The van der Waals surface area contributed by atoms with Crippen LogP contribution in [0, 0.1) is 0 Å². The predicted octanol–water partition coefficient (Wildman–Crippen LogP) is 2.33. The highest BCUT2D eigenvalue weighted by molar-refractivity contribution is 9.10. The van der Waals surface area contributed by atoms with Crippen LogP contribution in [-0.2, 0) is 6.42 Å². The number of halogens is 1. The summed E-state index contributed by atoms with van der Waals surface area (Å²) in [6.07, 6.45) is 2.06. The van der Waals surface area contributed by atoms with E-state index in [1.807, 2.05) is 18.2 Å². The molecule has 0 fully saturated rings. The van der Waals surface area contributed by atoms with Crippen LogP contribution in [0.5, 0.6) is 0 Å². The maximum absolute atomic E-state index is 4.26. The van der Waals surface area contributed by atoms with E-state index in [4.69, 9.17) is 0 Å². The van der Waals surface area contributed by atoms with Gasteiger partial charge in [-0.3, -0.25) is 0 Å². The van der Waals surface area contributed by atoms with Gasteiger partial charge in [-0.2, -0.15) is 0 Å². The van der Waals surface area contributed by atoms with Crippen LogP contribution < -0.4 is 5.32 Å². The van der Waals surface area contributed by atoms with Gasteiger partial charge in [0, 0.05) is 11.0 Å². The third-order valence-corrected chi connectivity index (χ3v) is 3.40. The van der Waals surface area contributed by atoms with Gasteiger partial charge in [0.05, 0.1) is 0 Å². The Morgan fingerprint density at radius 2 is 2.15 bits per heavy atom. The first-order valence-corrected chi connectivity index (χ1v) is 7.14. The molecule has 20 heavy (non-hydrogen) atoms. The van der Waals surface area contributed by atoms with E-state index in [2.05, 4.69) is 60.1 Å². The normalized spacial score (nSPS) is 10.8. The standard InChI is InChI=1S/C13H13BrN6/c14-11-5-1-3-10(9-11)4-2-8-15-12-6-7-13-16-18-19-20(13)17-12/h1,3,5-7,9H,2,4,8H2,(H,15,17). The molecule has 1 N–H and O–H groups in total. The molecule has 3 aromatic rings. The Kier molecular flexibility index (Phi) is 3.87. The smallest absolute Gasteiger partial charge is 0.200 e. The first-order valence-electron chi connectivity index (χ1n) is 6.35. The number of aromatic nitrogens is 5. The van der Waals surface area contributed by atoms with Crippen LogP contribution in [0.25, 0.3) is 5.65 Å². The summed E-state index contributed by atoms with van der Waals surface area (Å²) >= 11 is 3.48. The van der Waals surface area contributed by atoms with Gasteiger partial charge in [-0.25, -0.2) is 0 Å². The fraction of sp³-hybridized carbons (Fsp3) is 0.231. The van der Waals surface area contributed by atoms with E-state index in [1.165, 1.54) is 10.2 Å². The molecule has 0 aliphatic rings. The molecule has 0 atom stereocenters. The molecular formula is C13H13BrN6. The van der Waals surface area contributed by atoms with Gasteiger partial charge < -0.3 is 5.32 Å². The topological polar surface area (TPSA) is 68.0 Å². The molecule has 2 aromatic heterocycles. The molecule has 3 rings (SSSR count).